The summed E-state index contributed by atoms with van der Waals surface area (Å²) >= 11 is 0. The molecule has 12 heteroatoms. The monoisotopic (exact) mass is 857 g/mol. The lowest BCUT2D eigenvalue weighted by Gasteiger charge is -2.74. The standard InChI is InChI=1S/C52H64N12/c1-7-53-21-17-32-34-39-36-41-38-42-37-40-35-33(18-22-54(8-2)49(35)56(10-4)51(37)58(12-6)52(38)57(11-5)50(36)55(9-3)48(34)53)60-20-14-16-28-24-30-26-31-25-29-23-27-15-13-19-59(32)43(27)61(39)45(29)63(41)47(31)64(42)46(30)62(40)44(28)60/h32-33,39-42H,7-26H2,1-6H3. The number of nitrogens with zero attached hydrogens (tertiary/aromatic N) is 12. The Balaban J connectivity index is 1.00. The molecule has 0 amide bonds. The molecule has 6 atom stereocenters. The maximum atomic E-state index is 3.05. The van der Waals surface area contributed by atoms with Gasteiger partial charge in [-0.25, -0.2) is 0 Å². The first kappa shape index (κ1) is 35.3. The number of hydrogen-bond donors (Lipinski definition) is 0. The van der Waals surface area contributed by atoms with Crippen molar-refractivity contribution in [2.24, 2.45) is 0 Å². The zero-order valence-corrected chi connectivity index (χ0v) is 39.0. The average Bonchev–Trinajstić information content (AvgIpc) is 3.33. The lowest BCUT2D eigenvalue weighted by Crippen LogP contribution is -2.78. The maximum Gasteiger partial charge on any atom is 0.119 e. The van der Waals surface area contributed by atoms with Crippen LogP contribution < -0.4 is 0 Å². The zero-order valence-electron chi connectivity index (χ0n) is 39.0. The van der Waals surface area contributed by atoms with E-state index in [4.69, 9.17) is 0 Å². The minimum absolute atomic E-state index is 0.202. The molecule has 0 aromatic heterocycles. The van der Waals surface area contributed by atoms with E-state index in [0.29, 0.717) is 12.1 Å². The zero-order chi connectivity index (χ0) is 42.1. The Morgan fingerprint density at radius 3 is 1.06 bits per heavy atom. The smallest absolute Gasteiger partial charge is 0.119 e. The Bertz CT molecular complexity index is 2560. The van der Waals surface area contributed by atoms with Crippen LogP contribution in [0.25, 0.3) is 0 Å². The van der Waals surface area contributed by atoms with Gasteiger partial charge in [0.15, 0.2) is 0 Å². The third-order valence-corrected chi connectivity index (χ3v) is 19.6. The molecular formula is C52H64N12. The molecule has 17 aliphatic heterocycles. The van der Waals surface area contributed by atoms with Gasteiger partial charge in [0.2, 0.25) is 0 Å². The molecule has 0 radical (unpaired) electrons. The van der Waals surface area contributed by atoms with Crippen LogP contribution in [0.2, 0.25) is 0 Å². The number of fused-ring (bicyclic) bond motifs is 2. The molecule has 12 nitrogen and oxygen atoms in total. The van der Waals surface area contributed by atoms with Gasteiger partial charge < -0.3 is 58.8 Å². The summed E-state index contributed by atoms with van der Waals surface area (Å²) < 4.78 is 0. The van der Waals surface area contributed by atoms with Crippen LogP contribution >= 0.6 is 0 Å². The second kappa shape index (κ2) is 11.3. The van der Waals surface area contributed by atoms with Crippen molar-refractivity contribution < 1.29 is 0 Å². The highest BCUT2D eigenvalue weighted by molar-refractivity contribution is 5.70. The van der Waals surface area contributed by atoms with E-state index in [9.17, 15) is 0 Å². The predicted molar refractivity (Wildman–Crippen MR) is 244 cm³/mol. The molecule has 0 aliphatic carbocycles. The summed E-state index contributed by atoms with van der Waals surface area (Å²) in [5.41, 5.74) is 17.2. The largest absolute Gasteiger partial charge is 0.358 e. The molecule has 0 bridgehead atoms. The molecule has 0 aromatic carbocycles. The Labute approximate surface area is 378 Å². The third kappa shape index (κ3) is 3.41. The second-order valence-electron chi connectivity index (χ2n) is 21.7. The number of allylic oxidation sites excluding steroid dienone is 5. The van der Waals surface area contributed by atoms with Crippen molar-refractivity contribution >= 4 is 0 Å². The van der Waals surface area contributed by atoms with Crippen molar-refractivity contribution in [3.63, 3.8) is 0 Å². The van der Waals surface area contributed by atoms with E-state index in [2.05, 4.69) is 100 Å². The molecule has 64 heavy (non-hydrogen) atoms. The van der Waals surface area contributed by atoms with Crippen molar-refractivity contribution in [3.05, 3.63) is 114 Å². The van der Waals surface area contributed by atoms with Gasteiger partial charge in [0.25, 0.3) is 0 Å². The van der Waals surface area contributed by atoms with Crippen LogP contribution in [-0.4, -0.2) is 160 Å². The highest BCUT2D eigenvalue weighted by Crippen LogP contribution is 2.70. The molecule has 0 spiro atoms. The molecule has 17 rings (SSSR count). The topological polar surface area (TPSA) is 38.9 Å². The number of hydrogen-bond acceptors (Lipinski definition) is 12. The summed E-state index contributed by atoms with van der Waals surface area (Å²) in [7, 11) is 0. The SMILES string of the molecule is CCN1CCC2C3=C1N(CC)C1=C4C3N3C5=C(CCCN52)CC2=C3N3C5=C(C2)CC2=C6N7C8=C(CCCN8C8CCN(CC)C9=C8C7C7=C(N9CC)N(CC)C(=C(C43)C7N65)N1CC)C2. The van der Waals surface area contributed by atoms with E-state index >= 15 is 0 Å². The fraction of sp³-hybridized carbons (Fsp3) is 0.615. The summed E-state index contributed by atoms with van der Waals surface area (Å²) in [5.74, 6) is 15.6. The van der Waals surface area contributed by atoms with Crippen LogP contribution in [-0.2, 0) is 0 Å². The molecule has 0 saturated carbocycles. The van der Waals surface area contributed by atoms with Crippen molar-refractivity contribution in [2.45, 2.75) is 142 Å². The highest BCUT2D eigenvalue weighted by Gasteiger charge is 2.71. The quantitative estimate of drug-likeness (QED) is 0.306. The van der Waals surface area contributed by atoms with Gasteiger partial charge in [-0.2, -0.15) is 0 Å². The Morgan fingerprint density at radius 2 is 0.688 bits per heavy atom. The first-order chi connectivity index (χ1) is 31.6. The minimum atomic E-state index is 0.202. The van der Waals surface area contributed by atoms with Crippen LogP contribution in [0.4, 0.5) is 0 Å². The van der Waals surface area contributed by atoms with Gasteiger partial charge in [-0.15, -0.1) is 0 Å². The van der Waals surface area contributed by atoms with Crippen molar-refractivity contribution in [2.75, 3.05) is 65.4 Å². The van der Waals surface area contributed by atoms with Crippen molar-refractivity contribution in [1.82, 2.24) is 58.8 Å². The molecule has 17 heterocycles. The normalized spacial score (nSPS) is 34.8. The molecular weight excluding hydrogens is 793 g/mol. The molecule has 5 fully saturated rings. The average molecular weight is 857 g/mol. The molecule has 332 valence electrons. The summed E-state index contributed by atoms with van der Waals surface area (Å²) in [6, 6.07) is 1.88. The van der Waals surface area contributed by atoms with Crippen LogP contribution in [0.1, 0.15) is 106 Å². The van der Waals surface area contributed by atoms with E-state index < -0.39 is 0 Å². The lowest BCUT2D eigenvalue weighted by atomic mass is 9.64. The van der Waals surface area contributed by atoms with E-state index in [1.54, 1.807) is 96.5 Å². The molecule has 17 aliphatic rings. The lowest BCUT2D eigenvalue weighted by molar-refractivity contribution is -0.0306. The van der Waals surface area contributed by atoms with Crippen LogP contribution in [0, 0.1) is 0 Å². The number of rotatable bonds is 6. The predicted octanol–water partition coefficient (Wildman–Crippen LogP) is 6.19. The summed E-state index contributed by atoms with van der Waals surface area (Å²) in [4.78, 5) is 35.2. The highest BCUT2D eigenvalue weighted by atomic mass is 15.6. The third-order valence-electron chi connectivity index (χ3n) is 19.6. The van der Waals surface area contributed by atoms with Crippen LogP contribution in [0.3, 0.4) is 0 Å². The van der Waals surface area contributed by atoms with Crippen molar-refractivity contribution in [1.29, 1.82) is 0 Å². The van der Waals surface area contributed by atoms with Gasteiger partial charge in [0.1, 0.15) is 58.2 Å². The maximum absolute atomic E-state index is 3.05. The first-order valence-electron chi connectivity index (χ1n) is 26.2. The van der Waals surface area contributed by atoms with E-state index in [0.717, 1.165) is 78.0 Å². The Morgan fingerprint density at radius 1 is 0.344 bits per heavy atom. The first-order valence-corrected chi connectivity index (χ1v) is 26.2. The van der Waals surface area contributed by atoms with Gasteiger partial charge in [-0.3, -0.25) is 0 Å². The molecule has 6 unspecified atom stereocenters. The van der Waals surface area contributed by atoms with Gasteiger partial charge in [0, 0.05) is 93.3 Å². The van der Waals surface area contributed by atoms with Gasteiger partial charge >= 0.3 is 0 Å². The Kier molecular flexibility index (Phi) is 6.24. The van der Waals surface area contributed by atoms with Crippen LogP contribution in [0.15, 0.2) is 114 Å². The van der Waals surface area contributed by atoms with Gasteiger partial charge in [-0.05, 0) is 134 Å². The van der Waals surface area contributed by atoms with Crippen LogP contribution in [0.5, 0.6) is 0 Å². The van der Waals surface area contributed by atoms with Gasteiger partial charge in [-0.1, -0.05) is 0 Å². The van der Waals surface area contributed by atoms with Crippen molar-refractivity contribution in [3.8, 4) is 0 Å². The molecule has 0 N–H and O–H groups in total. The fourth-order valence-corrected chi connectivity index (χ4v) is 18.0. The Hall–Kier alpha value is -5.00. The minimum Gasteiger partial charge on any atom is -0.358 e. The molecule has 0 aromatic rings. The summed E-state index contributed by atoms with van der Waals surface area (Å²) in [6.07, 6.45) is 12.1. The second-order valence-corrected chi connectivity index (χ2v) is 21.7. The summed E-state index contributed by atoms with van der Waals surface area (Å²) in [6.45, 7) is 25.4. The van der Waals surface area contributed by atoms with E-state index in [1.165, 1.54) is 69.1 Å². The summed E-state index contributed by atoms with van der Waals surface area (Å²) in [5, 5.41) is 0. The fourth-order valence-electron chi connectivity index (χ4n) is 18.0. The molecule has 5 saturated heterocycles. The van der Waals surface area contributed by atoms with Gasteiger partial charge in [0.05, 0.1) is 36.3 Å². The van der Waals surface area contributed by atoms with E-state index in [1.807, 2.05) is 0 Å². The van der Waals surface area contributed by atoms with E-state index in [-0.39, 0.29) is 24.2 Å².